The predicted octanol–water partition coefficient (Wildman–Crippen LogP) is 2.70. The molecule has 1 saturated heterocycles. The van der Waals surface area contributed by atoms with E-state index in [0.717, 1.165) is 18.4 Å². The van der Waals surface area contributed by atoms with E-state index in [-0.39, 0.29) is 5.75 Å². The number of benzene rings is 1. The molecule has 1 aliphatic heterocycles. The summed E-state index contributed by atoms with van der Waals surface area (Å²) < 4.78 is 28.8. The van der Waals surface area contributed by atoms with Crippen molar-refractivity contribution in [1.82, 2.24) is 8.87 Å². The number of hydrogen-bond donors (Lipinski definition) is 0. The van der Waals surface area contributed by atoms with Crippen LogP contribution in [0.4, 0.5) is 0 Å². The highest BCUT2D eigenvalue weighted by molar-refractivity contribution is 7.89. The van der Waals surface area contributed by atoms with Crippen molar-refractivity contribution in [2.45, 2.75) is 25.3 Å². The van der Waals surface area contributed by atoms with E-state index in [0.29, 0.717) is 25.6 Å². The van der Waals surface area contributed by atoms with Crippen LogP contribution in [-0.2, 0) is 16.4 Å². The quantitative estimate of drug-likeness (QED) is 0.850. The Morgan fingerprint density at radius 1 is 0.955 bits per heavy atom. The fraction of sp³-hybridized carbons (Fsp3) is 0.412. The number of hydrogen-bond acceptors (Lipinski definition) is 2. The first-order chi connectivity index (χ1) is 10.6. The summed E-state index contributed by atoms with van der Waals surface area (Å²) in [5, 5.41) is 0. The molecule has 0 aliphatic carbocycles. The van der Waals surface area contributed by atoms with Gasteiger partial charge in [0.1, 0.15) is 0 Å². The lowest BCUT2D eigenvalue weighted by Gasteiger charge is -2.32. The van der Waals surface area contributed by atoms with Crippen molar-refractivity contribution >= 4 is 10.0 Å². The molecule has 2 aromatic rings. The second-order valence-corrected chi connectivity index (χ2v) is 7.90. The molecule has 22 heavy (non-hydrogen) atoms. The van der Waals surface area contributed by atoms with Crippen LogP contribution in [0.3, 0.4) is 0 Å². The van der Waals surface area contributed by atoms with Crippen LogP contribution in [0.1, 0.15) is 24.4 Å². The molecule has 0 saturated carbocycles. The number of piperidine rings is 1. The van der Waals surface area contributed by atoms with Gasteiger partial charge in [0.05, 0.1) is 5.75 Å². The maximum Gasteiger partial charge on any atom is 0.214 e. The number of aryl methyl sites for hydroxylation is 1. The molecule has 2 heterocycles. The van der Waals surface area contributed by atoms with E-state index < -0.39 is 10.0 Å². The summed E-state index contributed by atoms with van der Waals surface area (Å²) in [6, 6.07) is 14.3. The zero-order valence-corrected chi connectivity index (χ0v) is 13.5. The molecule has 0 N–H and O–H groups in total. The average molecular weight is 318 g/mol. The van der Waals surface area contributed by atoms with E-state index in [1.54, 1.807) is 4.31 Å². The highest BCUT2D eigenvalue weighted by atomic mass is 32.2. The van der Waals surface area contributed by atoms with Gasteiger partial charge in [0, 0.05) is 31.5 Å². The molecular weight excluding hydrogens is 296 g/mol. The standard InChI is InChI=1S/C17H22N2O2S/c20-22(21,15-10-16-6-2-1-3-7-16)19-13-8-17(9-14-19)18-11-4-5-12-18/h1-7,11-12,17H,8-10,13-15H2. The van der Waals surface area contributed by atoms with Gasteiger partial charge in [-0.15, -0.1) is 0 Å². The summed E-state index contributed by atoms with van der Waals surface area (Å²) in [5.74, 6) is 0.200. The first-order valence-corrected chi connectivity index (χ1v) is 9.40. The van der Waals surface area contributed by atoms with Crippen molar-refractivity contribution in [2.24, 2.45) is 0 Å². The zero-order chi connectivity index (χ0) is 15.4. The summed E-state index contributed by atoms with van der Waals surface area (Å²) in [4.78, 5) is 0. The number of aromatic nitrogens is 1. The maximum atomic E-state index is 12.5. The van der Waals surface area contributed by atoms with Crippen LogP contribution in [0, 0.1) is 0 Å². The highest BCUT2D eigenvalue weighted by Crippen LogP contribution is 2.24. The van der Waals surface area contributed by atoms with Crippen LogP contribution in [0.15, 0.2) is 54.9 Å². The van der Waals surface area contributed by atoms with Gasteiger partial charge in [-0.3, -0.25) is 0 Å². The highest BCUT2D eigenvalue weighted by Gasteiger charge is 2.28. The van der Waals surface area contributed by atoms with Crippen LogP contribution < -0.4 is 0 Å². The van der Waals surface area contributed by atoms with Crippen molar-refractivity contribution in [2.75, 3.05) is 18.8 Å². The Hall–Kier alpha value is -1.59. The first kappa shape index (κ1) is 15.3. The van der Waals surface area contributed by atoms with Gasteiger partial charge in [-0.25, -0.2) is 12.7 Å². The van der Waals surface area contributed by atoms with E-state index in [1.165, 1.54) is 0 Å². The molecule has 0 unspecified atom stereocenters. The lowest BCUT2D eigenvalue weighted by Crippen LogP contribution is -2.40. The Morgan fingerprint density at radius 3 is 2.23 bits per heavy atom. The molecule has 1 aromatic heterocycles. The lowest BCUT2D eigenvalue weighted by atomic mass is 10.1. The van der Waals surface area contributed by atoms with Gasteiger partial charge in [-0.05, 0) is 37.0 Å². The van der Waals surface area contributed by atoms with Crippen molar-refractivity contribution in [3.8, 4) is 0 Å². The van der Waals surface area contributed by atoms with Gasteiger partial charge in [-0.1, -0.05) is 30.3 Å². The summed E-state index contributed by atoms with van der Waals surface area (Å²) in [6.45, 7) is 1.25. The molecular formula is C17H22N2O2S. The molecule has 0 radical (unpaired) electrons. The third-order valence-corrected chi connectivity index (χ3v) is 6.23. The van der Waals surface area contributed by atoms with E-state index in [2.05, 4.69) is 17.0 Å². The zero-order valence-electron chi connectivity index (χ0n) is 12.6. The lowest BCUT2D eigenvalue weighted by molar-refractivity contribution is 0.274. The van der Waals surface area contributed by atoms with Crippen molar-refractivity contribution in [3.05, 3.63) is 60.4 Å². The van der Waals surface area contributed by atoms with Gasteiger partial charge in [0.2, 0.25) is 10.0 Å². The largest absolute Gasteiger partial charge is 0.351 e. The first-order valence-electron chi connectivity index (χ1n) is 7.79. The Morgan fingerprint density at radius 2 is 1.59 bits per heavy atom. The summed E-state index contributed by atoms with van der Waals surface area (Å²) in [7, 11) is -3.15. The summed E-state index contributed by atoms with van der Waals surface area (Å²) >= 11 is 0. The number of sulfonamides is 1. The van der Waals surface area contributed by atoms with Crippen LogP contribution in [0.5, 0.6) is 0 Å². The third kappa shape index (κ3) is 3.59. The van der Waals surface area contributed by atoms with E-state index in [9.17, 15) is 8.42 Å². The van der Waals surface area contributed by atoms with Gasteiger partial charge < -0.3 is 4.57 Å². The molecule has 1 aliphatic rings. The molecule has 5 heteroatoms. The monoisotopic (exact) mass is 318 g/mol. The summed E-state index contributed by atoms with van der Waals surface area (Å²) in [6.07, 6.45) is 6.48. The van der Waals surface area contributed by atoms with Crippen molar-refractivity contribution < 1.29 is 8.42 Å². The fourth-order valence-corrected chi connectivity index (χ4v) is 4.55. The second kappa shape index (κ2) is 6.67. The molecule has 0 spiro atoms. The molecule has 3 rings (SSSR count). The van der Waals surface area contributed by atoms with E-state index >= 15 is 0 Å². The molecule has 4 nitrogen and oxygen atoms in total. The van der Waals surface area contributed by atoms with Crippen LogP contribution in [0.25, 0.3) is 0 Å². The van der Waals surface area contributed by atoms with E-state index in [4.69, 9.17) is 0 Å². The Bertz CT molecular complexity index is 673. The normalized spacial score (nSPS) is 17.6. The minimum absolute atomic E-state index is 0.200. The van der Waals surface area contributed by atoms with Crippen molar-refractivity contribution in [3.63, 3.8) is 0 Å². The average Bonchev–Trinajstić information content (AvgIpc) is 3.09. The van der Waals surface area contributed by atoms with E-state index in [1.807, 2.05) is 42.5 Å². The SMILES string of the molecule is O=S(=O)(CCc1ccccc1)N1CCC(n2cccc2)CC1. The van der Waals surface area contributed by atoms with Gasteiger partial charge in [-0.2, -0.15) is 0 Å². The number of rotatable bonds is 5. The maximum absolute atomic E-state index is 12.5. The molecule has 0 amide bonds. The van der Waals surface area contributed by atoms with Crippen molar-refractivity contribution in [1.29, 1.82) is 0 Å². The Labute approximate surface area is 132 Å². The fourth-order valence-electron chi connectivity index (χ4n) is 3.03. The summed E-state index contributed by atoms with van der Waals surface area (Å²) in [5.41, 5.74) is 1.08. The predicted molar refractivity (Wildman–Crippen MR) is 88.2 cm³/mol. The van der Waals surface area contributed by atoms with Crippen LogP contribution in [-0.4, -0.2) is 36.1 Å². The van der Waals surface area contributed by atoms with Gasteiger partial charge in [0.15, 0.2) is 0 Å². The van der Waals surface area contributed by atoms with Crippen LogP contribution in [0.2, 0.25) is 0 Å². The third-order valence-electron chi connectivity index (χ3n) is 4.36. The Kier molecular flexibility index (Phi) is 4.64. The Balaban J connectivity index is 1.55. The molecule has 1 aromatic carbocycles. The topological polar surface area (TPSA) is 42.3 Å². The second-order valence-electron chi connectivity index (χ2n) is 5.81. The molecule has 0 bridgehead atoms. The van der Waals surface area contributed by atoms with Gasteiger partial charge >= 0.3 is 0 Å². The molecule has 1 fully saturated rings. The van der Waals surface area contributed by atoms with Gasteiger partial charge in [0.25, 0.3) is 0 Å². The minimum Gasteiger partial charge on any atom is -0.351 e. The smallest absolute Gasteiger partial charge is 0.214 e. The van der Waals surface area contributed by atoms with Crippen LogP contribution >= 0.6 is 0 Å². The minimum atomic E-state index is -3.15. The molecule has 0 atom stereocenters. The number of nitrogens with zero attached hydrogens (tertiary/aromatic N) is 2. The molecule has 118 valence electrons.